The topological polar surface area (TPSA) is 49.3 Å². The van der Waals surface area contributed by atoms with E-state index in [4.69, 9.17) is 5.11 Å². The number of hydrogen-bond acceptors (Lipinski definition) is 3. The number of anilines is 1. The number of aromatic carboxylic acids is 1. The Hall–Kier alpha value is -0.953. The third-order valence-electron chi connectivity index (χ3n) is 2.34. The number of rotatable bonds is 4. The summed E-state index contributed by atoms with van der Waals surface area (Å²) in [5.74, 6) is -0.861. The van der Waals surface area contributed by atoms with E-state index in [0.717, 1.165) is 28.7 Å². The second-order valence-electron chi connectivity index (χ2n) is 3.53. The van der Waals surface area contributed by atoms with Gasteiger partial charge >= 0.3 is 24.8 Å². The summed E-state index contributed by atoms with van der Waals surface area (Å²) >= 11 is 1.32. The van der Waals surface area contributed by atoms with Crippen molar-refractivity contribution in [3.05, 3.63) is 29.1 Å². The Kier molecular flexibility index (Phi) is 5.07. The molecule has 86 valence electrons. The third-order valence-corrected chi connectivity index (χ3v) is 3.50. The number of carbonyl (C=O) groups is 1. The van der Waals surface area contributed by atoms with Gasteiger partial charge in [-0.15, -0.1) is 11.3 Å². The molecule has 2 N–H and O–H groups in total. The Balaban J connectivity index is 0.00000144. The molecule has 0 spiro atoms. The summed E-state index contributed by atoms with van der Waals surface area (Å²) in [4.78, 5) is 11.5. The molecule has 0 radical (unpaired) electrons. The first-order chi connectivity index (χ1) is 7.74. The van der Waals surface area contributed by atoms with Crippen molar-refractivity contribution >= 4 is 33.1 Å². The van der Waals surface area contributed by atoms with Crippen molar-refractivity contribution in [2.75, 3.05) is 11.9 Å². The van der Waals surface area contributed by atoms with Crippen molar-refractivity contribution < 1.29 is 30.2 Å². The summed E-state index contributed by atoms with van der Waals surface area (Å²) in [7, 11) is 0. The van der Waals surface area contributed by atoms with Crippen LogP contribution in [0.1, 0.15) is 24.4 Å². The molecule has 0 amide bonds. The van der Waals surface area contributed by atoms with Crippen LogP contribution in [0.5, 0.6) is 0 Å². The number of hydrogen-bond donors (Lipinski definition) is 2. The van der Waals surface area contributed by atoms with E-state index in [1.807, 2.05) is 24.3 Å². The predicted molar refractivity (Wildman–Crippen MR) is 68.7 cm³/mol. The van der Waals surface area contributed by atoms with Crippen LogP contribution in [0.2, 0.25) is 0 Å². The molecule has 0 fully saturated rings. The van der Waals surface area contributed by atoms with Crippen molar-refractivity contribution in [2.24, 2.45) is 0 Å². The summed E-state index contributed by atoms with van der Waals surface area (Å²) in [6.07, 6.45) is 0.975. The molecule has 0 unspecified atom stereocenters. The fourth-order valence-electron chi connectivity index (χ4n) is 1.62. The van der Waals surface area contributed by atoms with Gasteiger partial charge in [-0.25, -0.2) is 4.79 Å². The van der Waals surface area contributed by atoms with Crippen LogP contribution >= 0.6 is 11.3 Å². The fraction of sp³-hybridized carbons (Fsp3) is 0.250. The van der Waals surface area contributed by atoms with Crippen molar-refractivity contribution in [1.29, 1.82) is 0 Å². The van der Waals surface area contributed by atoms with E-state index in [-0.39, 0.29) is 20.3 Å². The van der Waals surface area contributed by atoms with Gasteiger partial charge in [0.25, 0.3) is 0 Å². The SMILES string of the molecule is CCCNc1c(C(=O)O)sc2ccccc12.[H-].[Li+]. The summed E-state index contributed by atoms with van der Waals surface area (Å²) in [5, 5.41) is 13.3. The van der Waals surface area contributed by atoms with Gasteiger partial charge in [0, 0.05) is 16.6 Å². The molecule has 0 aliphatic heterocycles. The van der Waals surface area contributed by atoms with Crippen LogP contribution in [0, 0.1) is 0 Å². The van der Waals surface area contributed by atoms with Gasteiger partial charge < -0.3 is 11.8 Å². The Morgan fingerprint density at radius 1 is 1.47 bits per heavy atom. The molecule has 0 atom stereocenters. The number of carboxylic acid groups (broad SMARTS) is 1. The molecular weight excluding hydrogens is 229 g/mol. The van der Waals surface area contributed by atoms with Crippen LogP contribution in [0.25, 0.3) is 10.1 Å². The summed E-state index contributed by atoms with van der Waals surface area (Å²) < 4.78 is 1.01. The molecule has 2 rings (SSSR count). The largest absolute Gasteiger partial charge is 1.00 e. The normalized spacial score (nSPS) is 9.94. The Bertz CT molecular complexity index is 530. The minimum atomic E-state index is -0.861. The van der Waals surface area contributed by atoms with Gasteiger partial charge in [0.2, 0.25) is 0 Å². The maximum absolute atomic E-state index is 11.1. The first-order valence-corrected chi connectivity index (χ1v) is 6.04. The van der Waals surface area contributed by atoms with Crippen LogP contribution in [0.15, 0.2) is 24.3 Å². The zero-order valence-corrected chi connectivity index (χ0v) is 10.8. The molecule has 1 aromatic heterocycles. The molecular formula is C12H14LiNO2S. The maximum Gasteiger partial charge on any atom is 1.00 e. The Morgan fingerprint density at radius 2 is 2.18 bits per heavy atom. The molecule has 0 bridgehead atoms. The molecule has 1 aromatic carbocycles. The zero-order valence-electron chi connectivity index (χ0n) is 11.0. The van der Waals surface area contributed by atoms with Gasteiger partial charge in [-0.2, -0.15) is 0 Å². The van der Waals surface area contributed by atoms with Crippen LogP contribution in [-0.4, -0.2) is 17.6 Å². The third kappa shape index (κ3) is 2.84. The van der Waals surface area contributed by atoms with Crippen LogP contribution in [0.3, 0.4) is 0 Å². The second kappa shape index (κ2) is 6.11. The molecule has 0 saturated carbocycles. The number of thiophene rings is 1. The van der Waals surface area contributed by atoms with E-state index < -0.39 is 5.97 Å². The minimum Gasteiger partial charge on any atom is -1.00 e. The van der Waals surface area contributed by atoms with E-state index in [9.17, 15) is 4.79 Å². The van der Waals surface area contributed by atoms with Gasteiger partial charge in [-0.05, 0) is 12.5 Å². The molecule has 2 aromatic rings. The molecule has 0 saturated heterocycles. The van der Waals surface area contributed by atoms with Crippen molar-refractivity contribution in [1.82, 2.24) is 0 Å². The molecule has 0 aliphatic rings. The maximum atomic E-state index is 11.1. The Labute approximate surface area is 118 Å². The summed E-state index contributed by atoms with van der Waals surface area (Å²) in [6, 6.07) is 7.76. The summed E-state index contributed by atoms with van der Waals surface area (Å²) in [6.45, 7) is 2.85. The Morgan fingerprint density at radius 3 is 2.82 bits per heavy atom. The van der Waals surface area contributed by atoms with Crippen molar-refractivity contribution in [3.63, 3.8) is 0 Å². The molecule has 1 heterocycles. The van der Waals surface area contributed by atoms with E-state index in [0.29, 0.717) is 4.88 Å². The number of fused-ring (bicyclic) bond motifs is 1. The van der Waals surface area contributed by atoms with Gasteiger partial charge in [0.15, 0.2) is 0 Å². The number of nitrogens with one attached hydrogen (secondary N) is 1. The van der Waals surface area contributed by atoms with E-state index in [1.165, 1.54) is 11.3 Å². The summed E-state index contributed by atoms with van der Waals surface area (Å²) in [5.41, 5.74) is 0.759. The quantitative estimate of drug-likeness (QED) is 0.770. The van der Waals surface area contributed by atoms with Gasteiger partial charge in [0.05, 0.1) is 5.69 Å². The minimum absolute atomic E-state index is 0. The van der Waals surface area contributed by atoms with E-state index in [2.05, 4.69) is 12.2 Å². The van der Waals surface area contributed by atoms with E-state index >= 15 is 0 Å². The second-order valence-corrected chi connectivity index (χ2v) is 4.59. The monoisotopic (exact) mass is 243 g/mol. The molecule has 0 aliphatic carbocycles. The van der Waals surface area contributed by atoms with Gasteiger partial charge in [-0.3, -0.25) is 0 Å². The zero-order chi connectivity index (χ0) is 11.5. The number of carboxylic acids is 1. The van der Waals surface area contributed by atoms with Crippen molar-refractivity contribution in [3.8, 4) is 0 Å². The number of benzene rings is 1. The standard InChI is InChI=1S/C12H13NO2S.Li.H/c1-2-7-13-10-8-5-3-4-6-9(8)16-11(10)12(14)15;;/h3-6,13H,2,7H2,1H3,(H,14,15);;/q;+1;-1. The molecule has 17 heavy (non-hydrogen) atoms. The van der Waals surface area contributed by atoms with Crippen LogP contribution < -0.4 is 24.2 Å². The first-order valence-electron chi connectivity index (χ1n) is 5.22. The molecule has 5 heteroatoms. The smallest absolute Gasteiger partial charge is 1.00 e. The van der Waals surface area contributed by atoms with Crippen LogP contribution in [0.4, 0.5) is 5.69 Å². The first kappa shape index (κ1) is 14.1. The van der Waals surface area contributed by atoms with Crippen molar-refractivity contribution in [2.45, 2.75) is 13.3 Å². The fourth-order valence-corrected chi connectivity index (χ4v) is 2.64. The average molecular weight is 243 g/mol. The van der Waals surface area contributed by atoms with Gasteiger partial charge in [0.1, 0.15) is 4.88 Å². The van der Waals surface area contributed by atoms with E-state index in [1.54, 1.807) is 0 Å². The van der Waals surface area contributed by atoms with Gasteiger partial charge in [-0.1, -0.05) is 25.1 Å². The predicted octanol–water partition coefficient (Wildman–Crippen LogP) is 0.538. The average Bonchev–Trinajstić information content (AvgIpc) is 2.65. The van der Waals surface area contributed by atoms with Crippen LogP contribution in [-0.2, 0) is 0 Å². The molecule has 3 nitrogen and oxygen atoms in total.